The van der Waals surface area contributed by atoms with E-state index in [4.69, 9.17) is 15.0 Å². The SMILES string of the molecule is C=Cc1c(/C=C(\C)c2ccc3c(c2)c2ccccc2n3-c2ccccc2)c2ccccc2n1-c1cccc(-c2nc(-c3ccccc3)nc(-c3ccccc3)n2)c1. The fourth-order valence-electron chi connectivity index (χ4n) is 8.01. The van der Waals surface area contributed by atoms with Crippen LogP contribution in [0.25, 0.3) is 96.0 Å². The monoisotopic (exact) mass is 731 g/mol. The van der Waals surface area contributed by atoms with Gasteiger partial charge in [-0.15, -0.1) is 0 Å². The van der Waals surface area contributed by atoms with Gasteiger partial charge < -0.3 is 9.13 Å². The largest absolute Gasteiger partial charge is 0.309 e. The maximum absolute atomic E-state index is 5.01. The average Bonchev–Trinajstić information content (AvgIpc) is 3.79. The van der Waals surface area contributed by atoms with E-state index < -0.39 is 0 Å². The Morgan fingerprint density at radius 2 is 0.965 bits per heavy atom. The molecule has 0 N–H and O–H groups in total. The molecule has 0 spiro atoms. The third-order valence-electron chi connectivity index (χ3n) is 10.7. The van der Waals surface area contributed by atoms with Crippen molar-refractivity contribution in [1.29, 1.82) is 0 Å². The van der Waals surface area contributed by atoms with Crippen molar-refractivity contribution in [1.82, 2.24) is 24.1 Å². The summed E-state index contributed by atoms with van der Waals surface area (Å²) < 4.78 is 4.64. The number of fused-ring (bicyclic) bond motifs is 4. The maximum atomic E-state index is 5.01. The van der Waals surface area contributed by atoms with E-state index in [0.717, 1.165) is 50.2 Å². The van der Waals surface area contributed by atoms with Gasteiger partial charge in [0.2, 0.25) is 0 Å². The Morgan fingerprint density at radius 1 is 0.456 bits per heavy atom. The van der Waals surface area contributed by atoms with Gasteiger partial charge in [0.25, 0.3) is 0 Å². The molecule has 0 saturated heterocycles. The third kappa shape index (κ3) is 6.03. The predicted octanol–water partition coefficient (Wildman–Crippen LogP) is 13.1. The zero-order chi connectivity index (χ0) is 38.3. The summed E-state index contributed by atoms with van der Waals surface area (Å²) in [4.78, 5) is 14.9. The molecule has 0 aliphatic rings. The van der Waals surface area contributed by atoms with Gasteiger partial charge in [0.1, 0.15) is 0 Å². The van der Waals surface area contributed by atoms with Gasteiger partial charge >= 0.3 is 0 Å². The standard InChI is InChI=1S/C52H37N5/c1-3-46-44(32-35(2)38-30-31-49-45(34-38)43-27-14-15-28-47(43)56(49)40-23-11-6-12-24-40)42-26-13-16-29-48(42)57(46)41-25-17-22-39(33-41)52-54-50(36-18-7-4-8-19-36)53-51(55-52)37-20-9-5-10-21-37/h3-34H,1H2,2H3/b35-32+. The number of hydrogen-bond donors (Lipinski definition) is 0. The van der Waals surface area contributed by atoms with E-state index in [0.29, 0.717) is 17.5 Å². The summed E-state index contributed by atoms with van der Waals surface area (Å²) >= 11 is 0. The summed E-state index contributed by atoms with van der Waals surface area (Å²) in [6.45, 7) is 6.55. The van der Waals surface area contributed by atoms with E-state index in [1.807, 2.05) is 66.7 Å². The topological polar surface area (TPSA) is 48.5 Å². The molecule has 3 heterocycles. The Morgan fingerprint density at radius 3 is 1.61 bits per heavy atom. The second-order valence-corrected chi connectivity index (χ2v) is 14.2. The average molecular weight is 732 g/mol. The van der Waals surface area contributed by atoms with E-state index in [1.54, 1.807) is 0 Å². The molecule has 0 bridgehead atoms. The van der Waals surface area contributed by atoms with Gasteiger partial charge in [0, 0.05) is 49.8 Å². The number of rotatable bonds is 8. The Bertz CT molecular complexity index is 3080. The van der Waals surface area contributed by atoms with Crippen molar-refractivity contribution in [2.45, 2.75) is 6.92 Å². The van der Waals surface area contributed by atoms with Crippen LogP contribution in [0, 0.1) is 0 Å². The predicted molar refractivity (Wildman–Crippen MR) is 237 cm³/mol. The number of aromatic nitrogens is 5. The minimum atomic E-state index is 0.612. The summed E-state index contributed by atoms with van der Waals surface area (Å²) in [5.41, 5.74) is 12.9. The van der Waals surface area contributed by atoms with Crippen LogP contribution >= 0.6 is 0 Å². The van der Waals surface area contributed by atoms with Gasteiger partial charge in [-0.1, -0.05) is 140 Å². The normalized spacial score (nSPS) is 11.8. The molecule has 0 saturated carbocycles. The summed E-state index contributed by atoms with van der Waals surface area (Å²) in [6, 6.07) is 63.2. The minimum Gasteiger partial charge on any atom is -0.309 e. The lowest BCUT2D eigenvalue weighted by atomic mass is 10.0. The van der Waals surface area contributed by atoms with Gasteiger partial charge in [0.05, 0.1) is 22.2 Å². The van der Waals surface area contributed by atoms with Crippen LogP contribution in [-0.4, -0.2) is 24.1 Å². The first-order valence-corrected chi connectivity index (χ1v) is 19.2. The molecule has 10 rings (SSSR count). The van der Waals surface area contributed by atoms with Crippen molar-refractivity contribution in [2.75, 3.05) is 0 Å². The Hall–Kier alpha value is -7.63. The molecule has 3 aromatic heterocycles. The Labute approximate surface area is 331 Å². The third-order valence-corrected chi connectivity index (χ3v) is 10.7. The molecule has 0 aliphatic heterocycles. The van der Waals surface area contributed by atoms with Crippen molar-refractivity contribution in [3.05, 3.63) is 205 Å². The van der Waals surface area contributed by atoms with E-state index in [9.17, 15) is 0 Å². The highest BCUT2D eigenvalue weighted by molar-refractivity contribution is 6.10. The molecule has 0 unspecified atom stereocenters. The molecule has 10 aromatic rings. The maximum Gasteiger partial charge on any atom is 0.164 e. The van der Waals surface area contributed by atoms with Crippen molar-refractivity contribution in [3.63, 3.8) is 0 Å². The van der Waals surface area contributed by atoms with Crippen LogP contribution in [0.3, 0.4) is 0 Å². The number of nitrogens with zero attached hydrogens (tertiary/aromatic N) is 5. The zero-order valence-corrected chi connectivity index (χ0v) is 31.4. The summed E-state index contributed by atoms with van der Waals surface area (Å²) in [5, 5.41) is 3.61. The molecule has 5 nitrogen and oxygen atoms in total. The number of para-hydroxylation sites is 3. The van der Waals surface area contributed by atoms with Gasteiger partial charge in [-0.2, -0.15) is 0 Å². The molecular formula is C52H37N5. The van der Waals surface area contributed by atoms with Crippen LogP contribution in [-0.2, 0) is 0 Å². The lowest BCUT2D eigenvalue weighted by Crippen LogP contribution is -2.01. The lowest BCUT2D eigenvalue weighted by molar-refractivity contribution is 1.07. The minimum absolute atomic E-state index is 0.612. The van der Waals surface area contributed by atoms with Gasteiger partial charge in [-0.05, 0) is 78.7 Å². The molecule has 0 atom stereocenters. The van der Waals surface area contributed by atoms with Crippen LogP contribution in [0.4, 0.5) is 0 Å². The molecule has 57 heavy (non-hydrogen) atoms. The summed E-state index contributed by atoms with van der Waals surface area (Å²) in [5.74, 6) is 1.88. The van der Waals surface area contributed by atoms with Gasteiger partial charge in [0.15, 0.2) is 17.5 Å². The lowest BCUT2D eigenvalue weighted by Gasteiger charge is -2.12. The Balaban J connectivity index is 1.10. The first-order chi connectivity index (χ1) is 28.1. The van der Waals surface area contributed by atoms with Gasteiger partial charge in [-0.25, -0.2) is 15.0 Å². The highest BCUT2D eigenvalue weighted by atomic mass is 15.0. The second kappa shape index (κ2) is 14.2. The molecule has 0 fully saturated rings. The van der Waals surface area contributed by atoms with E-state index in [-0.39, 0.29) is 0 Å². The summed E-state index contributed by atoms with van der Waals surface area (Å²) in [7, 11) is 0. The number of allylic oxidation sites excluding steroid dienone is 1. The Kier molecular flexibility index (Phi) is 8.46. The van der Waals surface area contributed by atoms with Crippen molar-refractivity contribution >= 4 is 50.4 Å². The van der Waals surface area contributed by atoms with Crippen LogP contribution in [0.1, 0.15) is 23.7 Å². The highest BCUT2D eigenvalue weighted by Crippen LogP contribution is 2.37. The first kappa shape index (κ1) is 33.9. The second-order valence-electron chi connectivity index (χ2n) is 14.2. The fourth-order valence-corrected chi connectivity index (χ4v) is 8.01. The highest BCUT2D eigenvalue weighted by Gasteiger charge is 2.19. The molecule has 7 aromatic carbocycles. The van der Waals surface area contributed by atoms with Crippen molar-refractivity contribution in [2.24, 2.45) is 0 Å². The van der Waals surface area contributed by atoms with E-state index in [2.05, 4.69) is 150 Å². The molecule has 5 heteroatoms. The van der Waals surface area contributed by atoms with Gasteiger partial charge in [-0.3, -0.25) is 0 Å². The molecule has 0 aliphatic carbocycles. The van der Waals surface area contributed by atoms with Crippen LogP contribution in [0.2, 0.25) is 0 Å². The van der Waals surface area contributed by atoms with Crippen LogP contribution in [0.5, 0.6) is 0 Å². The molecule has 0 amide bonds. The summed E-state index contributed by atoms with van der Waals surface area (Å²) in [6.07, 6.45) is 4.27. The smallest absolute Gasteiger partial charge is 0.164 e. The van der Waals surface area contributed by atoms with E-state index in [1.165, 1.54) is 32.9 Å². The molecular weight excluding hydrogens is 695 g/mol. The molecule has 270 valence electrons. The number of hydrogen-bond acceptors (Lipinski definition) is 3. The fraction of sp³-hybridized carbons (Fsp3) is 0.0192. The van der Waals surface area contributed by atoms with Crippen LogP contribution in [0.15, 0.2) is 189 Å². The number of benzene rings is 7. The van der Waals surface area contributed by atoms with Crippen molar-refractivity contribution < 1.29 is 0 Å². The quantitative estimate of drug-likeness (QED) is 0.156. The zero-order valence-electron chi connectivity index (χ0n) is 31.4. The van der Waals surface area contributed by atoms with Crippen molar-refractivity contribution in [3.8, 4) is 45.5 Å². The molecule has 0 radical (unpaired) electrons. The first-order valence-electron chi connectivity index (χ1n) is 19.2. The van der Waals surface area contributed by atoms with E-state index >= 15 is 0 Å². The van der Waals surface area contributed by atoms with Crippen LogP contribution < -0.4 is 0 Å².